The predicted octanol–water partition coefficient (Wildman–Crippen LogP) is 0.261. The SMILES string of the molecule is CCc1ncc(S(=O)(=O)N2CCC(NC(C)=O)CC2)[nH]1. The van der Waals surface area contributed by atoms with Crippen LogP contribution in [0, 0.1) is 0 Å². The topological polar surface area (TPSA) is 95.2 Å². The van der Waals surface area contributed by atoms with E-state index in [0.29, 0.717) is 38.2 Å². The van der Waals surface area contributed by atoms with Gasteiger partial charge in [-0.2, -0.15) is 4.31 Å². The molecule has 1 aromatic heterocycles. The summed E-state index contributed by atoms with van der Waals surface area (Å²) in [6, 6.07) is 0.0620. The lowest BCUT2D eigenvalue weighted by Gasteiger charge is -2.30. The number of piperidine rings is 1. The standard InChI is InChI=1S/C12H20N4O3S/c1-3-11-13-8-12(15-11)20(18,19)16-6-4-10(5-7-16)14-9(2)17/h8,10H,3-7H2,1-2H3,(H,13,15)(H,14,17). The minimum Gasteiger partial charge on any atom is -0.354 e. The van der Waals surface area contributed by atoms with Crippen LogP contribution < -0.4 is 5.32 Å². The van der Waals surface area contributed by atoms with E-state index in [0.717, 1.165) is 0 Å². The first-order chi connectivity index (χ1) is 9.43. The number of aromatic amines is 1. The monoisotopic (exact) mass is 300 g/mol. The van der Waals surface area contributed by atoms with Crippen LogP contribution in [0.4, 0.5) is 0 Å². The first kappa shape index (κ1) is 15.0. The molecule has 0 radical (unpaired) electrons. The molecule has 1 amide bonds. The average molecular weight is 300 g/mol. The minimum atomic E-state index is -3.50. The lowest BCUT2D eigenvalue weighted by atomic mass is 10.1. The molecule has 7 nitrogen and oxygen atoms in total. The molecule has 0 atom stereocenters. The van der Waals surface area contributed by atoms with Crippen LogP contribution >= 0.6 is 0 Å². The smallest absolute Gasteiger partial charge is 0.260 e. The molecule has 0 aromatic carbocycles. The second kappa shape index (κ2) is 5.92. The average Bonchev–Trinajstić information content (AvgIpc) is 2.88. The fourth-order valence-electron chi connectivity index (χ4n) is 2.32. The van der Waals surface area contributed by atoms with Crippen molar-refractivity contribution in [2.75, 3.05) is 13.1 Å². The van der Waals surface area contributed by atoms with Gasteiger partial charge in [-0.1, -0.05) is 6.92 Å². The van der Waals surface area contributed by atoms with Gasteiger partial charge in [0.15, 0.2) is 5.03 Å². The number of aryl methyl sites for hydroxylation is 1. The van der Waals surface area contributed by atoms with Crippen molar-refractivity contribution < 1.29 is 13.2 Å². The molecule has 0 unspecified atom stereocenters. The predicted molar refractivity (Wildman–Crippen MR) is 73.6 cm³/mol. The molecular formula is C12H20N4O3S. The van der Waals surface area contributed by atoms with Crippen molar-refractivity contribution in [1.82, 2.24) is 19.6 Å². The lowest BCUT2D eigenvalue weighted by molar-refractivity contribution is -0.119. The number of nitrogens with one attached hydrogen (secondary N) is 2. The van der Waals surface area contributed by atoms with Gasteiger partial charge in [0.05, 0.1) is 6.20 Å². The van der Waals surface area contributed by atoms with E-state index < -0.39 is 10.0 Å². The number of carbonyl (C=O) groups is 1. The number of nitrogens with zero attached hydrogens (tertiary/aromatic N) is 2. The maximum atomic E-state index is 12.4. The van der Waals surface area contributed by atoms with Gasteiger partial charge in [0.1, 0.15) is 5.82 Å². The highest BCUT2D eigenvalue weighted by Gasteiger charge is 2.30. The molecule has 1 aliphatic rings. The van der Waals surface area contributed by atoms with Crippen molar-refractivity contribution in [2.45, 2.75) is 44.2 Å². The van der Waals surface area contributed by atoms with Gasteiger partial charge in [0.2, 0.25) is 5.91 Å². The maximum Gasteiger partial charge on any atom is 0.260 e. The number of hydrogen-bond donors (Lipinski definition) is 2. The highest BCUT2D eigenvalue weighted by molar-refractivity contribution is 7.89. The van der Waals surface area contributed by atoms with E-state index in [1.54, 1.807) is 0 Å². The van der Waals surface area contributed by atoms with E-state index in [2.05, 4.69) is 15.3 Å². The van der Waals surface area contributed by atoms with Crippen LogP contribution in [-0.4, -0.2) is 47.7 Å². The number of aromatic nitrogens is 2. The van der Waals surface area contributed by atoms with Gasteiger partial charge < -0.3 is 10.3 Å². The van der Waals surface area contributed by atoms with Gasteiger partial charge in [-0.25, -0.2) is 13.4 Å². The Balaban J connectivity index is 2.03. The Morgan fingerprint density at radius 1 is 1.50 bits per heavy atom. The van der Waals surface area contributed by atoms with Gasteiger partial charge >= 0.3 is 0 Å². The van der Waals surface area contributed by atoms with Crippen LogP contribution in [-0.2, 0) is 21.2 Å². The molecule has 0 spiro atoms. The molecule has 2 N–H and O–H groups in total. The van der Waals surface area contributed by atoms with Gasteiger partial charge in [-0.05, 0) is 12.8 Å². The zero-order chi connectivity index (χ0) is 14.8. The van der Waals surface area contributed by atoms with Crippen LogP contribution in [0.15, 0.2) is 11.2 Å². The van der Waals surface area contributed by atoms with Crippen LogP contribution in [0.25, 0.3) is 0 Å². The highest BCUT2D eigenvalue weighted by Crippen LogP contribution is 2.19. The first-order valence-corrected chi connectivity index (χ1v) is 8.18. The van der Waals surface area contributed by atoms with Gasteiger partial charge in [0.25, 0.3) is 10.0 Å². The summed E-state index contributed by atoms with van der Waals surface area (Å²) < 4.78 is 26.3. The fourth-order valence-corrected chi connectivity index (χ4v) is 3.72. The highest BCUT2D eigenvalue weighted by atomic mass is 32.2. The van der Waals surface area contributed by atoms with Gasteiger partial charge in [-0.15, -0.1) is 0 Å². The molecule has 8 heteroatoms. The van der Waals surface area contributed by atoms with Crippen LogP contribution in [0.5, 0.6) is 0 Å². The largest absolute Gasteiger partial charge is 0.354 e. The molecule has 1 fully saturated rings. The molecule has 0 saturated carbocycles. The number of rotatable bonds is 4. The van der Waals surface area contributed by atoms with Crippen molar-refractivity contribution in [2.24, 2.45) is 0 Å². The zero-order valence-electron chi connectivity index (χ0n) is 11.7. The maximum absolute atomic E-state index is 12.4. The van der Waals surface area contributed by atoms with Crippen LogP contribution in [0.1, 0.15) is 32.5 Å². The summed E-state index contributed by atoms with van der Waals surface area (Å²) in [5.74, 6) is 0.587. The summed E-state index contributed by atoms with van der Waals surface area (Å²) in [5.41, 5.74) is 0. The van der Waals surface area contributed by atoms with E-state index in [9.17, 15) is 13.2 Å². The van der Waals surface area contributed by atoms with E-state index in [-0.39, 0.29) is 17.0 Å². The van der Waals surface area contributed by atoms with Crippen molar-refractivity contribution in [3.05, 3.63) is 12.0 Å². The second-order valence-electron chi connectivity index (χ2n) is 4.93. The Morgan fingerprint density at radius 2 is 2.15 bits per heavy atom. The Labute approximate surface area is 118 Å². The van der Waals surface area contributed by atoms with E-state index in [4.69, 9.17) is 0 Å². The van der Waals surface area contributed by atoms with Gasteiger partial charge in [0, 0.05) is 32.5 Å². The van der Waals surface area contributed by atoms with Crippen molar-refractivity contribution in [3.63, 3.8) is 0 Å². The van der Waals surface area contributed by atoms with Crippen LogP contribution in [0.3, 0.4) is 0 Å². The number of amides is 1. The third-order valence-corrected chi connectivity index (χ3v) is 5.23. The quantitative estimate of drug-likeness (QED) is 0.834. The summed E-state index contributed by atoms with van der Waals surface area (Å²) in [4.78, 5) is 17.9. The third kappa shape index (κ3) is 3.18. The first-order valence-electron chi connectivity index (χ1n) is 6.74. The second-order valence-corrected chi connectivity index (χ2v) is 6.83. The third-order valence-electron chi connectivity index (χ3n) is 3.42. The summed E-state index contributed by atoms with van der Waals surface area (Å²) in [6.07, 6.45) is 3.30. The molecule has 1 aromatic rings. The number of carbonyl (C=O) groups excluding carboxylic acids is 1. The van der Waals surface area contributed by atoms with E-state index >= 15 is 0 Å². The molecule has 20 heavy (non-hydrogen) atoms. The molecule has 112 valence electrons. The number of hydrogen-bond acceptors (Lipinski definition) is 4. The summed E-state index contributed by atoms with van der Waals surface area (Å²) in [5, 5.41) is 2.97. The molecule has 1 aliphatic heterocycles. The molecule has 0 bridgehead atoms. The Morgan fingerprint density at radius 3 is 2.65 bits per heavy atom. The zero-order valence-corrected chi connectivity index (χ0v) is 12.5. The van der Waals surface area contributed by atoms with Gasteiger partial charge in [-0.3, -0.25) is 4.79 Å². The Bertz CT molecular complexity index is 573. The van der Waals surface area contributed by atoms with Crippen molar-refractivity contribution >= 4 is 15.9 Å². The molecular weight excluding hydrogens is 280 g/mol. The van der Waals surface area contributed by atoms with E-state index in [1.165, 1.54) is 17.4 Å². The minimum absolute atomic E-state index is 0.0620. The summed E-state index contributed by atoms with van der Waals surface area (Å²) >= 11 is 0. The van der Waals surface area contributed by atoms with Crippen molar-refractivity contribution in [3.8, 4) is 0 Å². The van der Waals surface area contributed by atoms with Crippen molar-refractivity contribution in [1.29, 1.82) is 0 Å². The van der Waals surface area contributed by atoms with Crippen LogP contribution in [0.2, 0.25) is 0 Å². The Kier molecular flexibility index (Phi) is 4.44. The molecule has 2 rings (SSSR count). The molecule has 2 heterocycles. The fraction of sp³-hybridized carbons (Fsp3) is 0.667. The molecule has 0 aliphatic carbocycles. The lowest BCUT2D eigenvalue weighted by Crippen LogP contribution is -2.46. The number of sulfonamides is 1. The normalized spacial score (nSPS) is 18.1. The summed E-state index contributed by atoms with van der Waals surface area (Å²) in [7, 11) is -3.50. The van der Waals surface area contributed by atoms with E-state index in [1.807, 2.05) is 6.92 Å². The number of H-pyrrole nitrogens is 1. The Hall–Kier alpha value is -1.41. The number of imidazole rings is 1. The summed E-state index contributed by atoms with van der Waals surface area (Å²) in [6.45, 7) is 4.20. The molecule has 1 saturated heterocycles.